The largest absolute Gasteiger partial charge is 0.493 e. The first-order chi connectivity index (χ1) is 17.6. The Morgan fingerprint density at radius 2 is 2.00 bits per heavy atom. The van der Waals surface area contributed by atoms with Gasteiger partial charge in [0.15, 0.2) is 0 Å². The molecule has 2 heterocycles. The highest BCUT2D eigenvalue weighted by atomic mass is 32.2. The monoisotopic (exact) mass is 535 g/mol. The van der Waals surface area contributed by atoms with Gasteiger partial charge in [-0.25, -0.2) is 13.6 Å². The fourth-order valence-electron chi connectivity index (χ4n) is 4.19. The molecule has 0 amide bonds. The van der Waals surface area contributed by atoms with Crippen molar-refractivity contribution in [2.24, 2.45) is 0 Å². The Morgan fingerprint density at radius 1 is 1.19 bits per heavy atom. The van der Waals surface area contributed by atoms with Crippen LogP contribution in [0.2, 0.25) is 0 Å². The van der Waals surface area contributed by atoms with Gasteiger partial charge in [0.25, 0.3) is 0 Å². The van der Waals surface area contributed by atoms with Crippen LogP contribution in [-0.2, 0) is 30.1 Å². The van der Waals surface area contributed by atoms with Crippen LogP contribution in [0.25, 0.3) is 0 Å². The lowest BCUT2D eigenvalue weighted by Crippen LogP contribution is -2.30. The van der Waals surface area contributed by atoms with Gasteiger partial charge in [-0.2, -0.15) is 13.2 Å². The maximum atomic E-state index is 13.0. The second-order valence-electron chi connectivity index (χ2n) is 9.42. The highest BCUT2D eigenvalue weighted by molar-refractivity contribution is 7.83. The Labute approximate surface area is 217 Å². The van der Waals surface area contributed by atoms with E-state index < -0.39 is 22.7 Å². The second kappa shape index (κ2) is 11.7. The molecule has 4 rings (SSSR count). The molecule has 0 saturated heterocycles. The molecule has 4 atom stereocenters. The number of halogens is 3. The van der Waals surface area contributed by atoms with Crippen LogP contribution >= 0.6 is 0 Å². The van der Waals surface area contributed by atoms with E-state index in [2.05, 4.69) is 52.4 Å². The molecular weight excluding hydrogens is 503 g/mol. The van der Waals surface area contributed by atoms with Crippen molar-refractivity contribution in [3.05, 3.63) is 71.0 Å². The number of hydrogen-bond donors (Lipinski definition) is 2. The predicted molar refractivity (Wildman–Crippen MR) is 135 cm³/mol. The first-order valence-electron chi connectivity index (χ1n) is 12.4. The van der Waals surface area contributed by atoms with Crippen molar-refractivity contribution in [3.63, 3.8) is 0 Å². The van der Waals surface area contributed by atoms with Crippen molar-refractivity contribution < 1.29 is 22.1 Å². The molecule has 200 valence electrons. The zero-order valence-corrected chi connectivity index (χ0v) is 21.9. The van der Waals surface area contributed by atoms with E-state index in [0.29, 0.717) is 24.8 Å². The number of benzene rings is 2. The summed E-state index contributed by atoms with van der Waals surface area (Å²) in [4.78, 5) is 0.0721. The molecule has 1 aliphatic heterocycles. The second-order valence-corrected chi connectivity index (χ2v) is 10.7. The number of aromatic nitrogens is 3. The van der Waals surface area contributed by atoms with Crippen LogP contribution in [-0.4, -0.2) is 37.9 Å². The third-order valence-electron chi connectivity index (χ3n) is 6.43. The average Bonchev–Trinajstić information content (AvgIpc) is 3.34. The lowest BCUT2D eigenvalue weighted by molar-refractivity contribution is -0.137. The predicted octanol–water partition coefficient (Wildman–Crippen LogP) is 4.80. The topological polar surface area (TPSA) is 81.1 Å². The van der Waals surface area contributed by atoms with Gasteiger partial charge >= 0.3 is 6.18 Å². The van der Waals surface area contributed by atoms with Gasteiger partial charge in [0, 0.05) is 43.2 Å². The minimum atomic E-state index is -4.49. The number of nitrogens with one attached hydrogen (secondary N) is 2. The fourth-order valence-corrected chi connectivity index (χ4v) is 5.21. The van der Waals surface area contributed by atoms with Crippen LogP contribution in [0.1, 0.15) is 62.0 Å². The molecule has 11 heteroatoms. The van der Waals surface area contributed by atoms with Crippen molar-refractivity contribution in [2.45, 2.75) is 75.8 Å². The molecule has 3 aromatic rings. The molecule has 0 fully saturated rings. The Morgan fingerprint density at radius 3 is 2.76 bits per heavy atom. The lowest BCUT2D eigenvalue weighted by Gasteiger charge is -2.26. The molecule has 1 aromatic heterocycles. The summed E-state index contributed by atoms with van der Waals surface area (Å²) in [6.45, 7) is 7.46. The molecule has 0 saturated carbocycles. The summed E-state index contributed by atoms with van der Waals surface area (Å²) in [6.07, 6.45) is -0.384. The third kappa shape index (κ3) is 6.97. The Hall–Kier alpha value is -2.76. The van der Waals surface area contributed by atoms with E-state index in [0.717, 1.165) is 48.4 Å². The highest BCUT2D eigenvalue weighted by Crippen LogP contribution is 2.35. The van der Waals surface area contributed by atoms with Crippen LogP contribution in [0.5, 0.6) is 5.75 Å². The fraction of sp³-hybridized carbons (Fsp3) is 0.462. The van der Waals surface area contributed by atoms with Gasteiger partial charge in [0.2, 0.25) is 0 Å². The van der Waals surface area contributed by atoms with Crippen LogP contribution in [0.4, 0.5) is 13.2 Å². The van der Waals surface area contributed by atoms with Crippen molar-refractivity contribution >= 4 is 11.0 Å². The normalized spacial score (nSPS) is 18.1. The van der Waals surface area contributed by atoms with Crippen molar-refractivity contribution in [2.75, 3.05) is 6.61 Å². The van der Waals surface area contributed by atoms with Crippen LogP contribution in [0, 0.1) is 0 Å². The first kappa shape index (κ1) is 27.3. The van der Waals surface area contributed by atoms with Gasteiger partial charge in [-0.1, -0.05) is 30.3 Å². The molecule has 0 aliphatic carbocycles. The van der Waals surface area contributed by atoms with Crippen LogP contribution in [0.15, 0.2) is 53.6 Å². The summed E-state index contributed by atoms with van der Waals surface area (Å²) in [7, 11) is -1.79. The van der Waals surface area contributed by atoms with Gasteiger partial charge in [0.1, 0.15) is 16.7 Å². The zero-order chi connectivity index (χ0) is 26.6. The summed E-state index contributed by atoms with van der Waals surface area (Å²) in [6, 6.07) is 10.9. The standard InChI is InChI=1S/C26H32F3N5O2S/c1-4-17(2)30-15-19-8-9-23-24(10-11-36-25(23)13-19)34-16-21(31-33-34)12-18(3)32-37(35)22-7-5-6-20(14-22)26(27,28)29/h5-9,13-14,16-18,24,30,32H,4,10-12,15H2,1-3H3/t17?,18-,24+,37?/m0/s1. The maximum absolute atomic E-state index is 13.0. The highest BCUT2D eigenvalue weighted by Gasteiger charge is 2.31. The number of nitrogens with zero attached hydrogens (tertiary/aromatic N) is 3. The summed E-state index contributed by atoms with van der Waals surface area (Å²) in [5.74, 6) is 0.850. The molecule has 0 radical (unpaired) electrons. The zero-order valence-electron chi connectivity index (χ0n) is 21.1. The van der Waals surface area contributed by atoms with Crippen molar-refractivity contribution in [3.8, 4) is 5.75 Å². The maximum Gasteiger partial charge on any atom is 0.416 e. The third-order valence-corrected chi connectivity index (χ3v) is 7.73. The molecule has 2 unspecified atom stereocenters. The number of ether oxygens (including phenoxy) is 1. The summed E-state index contributed by atoms with van der Waals surface area (Å²) in [5.41, 5.74) is 2.08. The molecule has 7 nitrogen and oxygen atoms in total. The van der Waals surface area contributed by atoms with Gasteiger partial charge in [-0.15, -0.1) is 5.10 Å². The molecule has 37 heavy (non-hydrogen) atoms. The number of fused-ring (bicyclic) bond motifs is 1. The molecule has 1 aliphatic rings. The Bertz CT molecular complexity index is 1230. The molecule has 0 spiro atoms. The minimum absolute atomic E-state index is 0.0101. The van der Waals surface area contributed by atoms with E-state index in [-0.39, 0.29) is 17.0 Å². The van der Waals surface area contributed by atoms with Gasteiger partial charge in [-0.3, -0.25) is 0 Å². The van der Waals surface area contributed by atoms with Crippen molar-refractivity contribution in [1.82, 2.24) is 25.0 Å². The Kier molecular flexibility index (Phi) is 8.66. The Balaban J connectivity index is 1.39. The number of hydrogen-bond acceptors (Lipinski definition) is 5. The van der Waals surface area contributed by atoms with E-state index in [4.69, 9.17) is 4.74 Å². The van der Waals surface area contributed by atoms with E-state index in [1.54, 1.807) is 0 Å². The smallest absolute Gasteiger partial charge is 0.416 e. The van der Waals surface area contributed by atoms with Gasteiger partial charge in [-0.05, 0) is 50.1 Å². The first-order valence-corrected chi connectivity index (χ1v) is 13.5. The van der Waals surface area contributed by atoms with E-state index in [1.807, 2.05) is 17.8 Å². The van der Waals surface area contributed by atoms with Gasteiger partial charge < -0.3 is 10.1 Å². The van der Waals surface area contributed by atoms with Crippen molar-refractivity contribution in [1.29, 1.82) is 0 Å². The molecule has 2 N–H and O–H groups in total. The van der Waals surface area contributed by atoms with Crippen LogP contribution in [0.3, 0.4) is 0 Å². The summed E-state index contributed by atoms with van der Waals surface area (Å²) in [5, 5.41) is 12.1. The SMILES string of the molecule is CCC(C)NCc1ccc2c(c1)OCC[C@H]2n1cc(C[C@H](C)NS(=O)c2cccc(C(F)(F)F)c2)nn1. The molecular formula is C26H32F3N5O2S. The average molecular weight is 536 g/mol. The minimum Gasteiger partial charge on any atom is -0.493 e. The lowest BCUT2D eigenvalue weighted by atomic mass is 9.98. The van der Waals surface area contributed by atoms with E-state index >= 15 is 0 Å². The summed E-state index contributed by atoms with van der Waals surface area (Å²) >= 11 is 0. The quantitative estimate of drug-likeness (QED) is 0.390. The molecule has 0 bridgehead atoms. The number of alkyl halides is 3. The molecule has 2 aromatic carbocycles. The van der Waals surface area contributed by atoms with E-state index in [1.165, 1.54) is 12.1 Å². The number of rotatable bonds is 10. The van der Waals surface area contributed by atoms with Crippen LogP contribution < -0.4 is 14.8 Å². The summed E-state index contributed by atoms with van der Waals surface area (Å²) < 4.78 is 62.2. The van der Waals surface area contributed by atoms with Gasteiger partial charge in [0.05, 0.1) is 28.8 Å². The van der Waals surface area contributed by atoms with E-state index in [9.17, 15) is 17.4 Å².